The first-order valence-corrected chi connectivity index (χ1v) is 6.11. The van der Waals surface area contributed by atoms with Crippen molar-refractivity contribution in [1.82, 2.24) is 0 Å². The number of ether oxygens (including phenoxy) is 1. The molecule has 20 heavy (non-hydrogen) atoms. The van der Waals surface area contributed by atoms with Gasteiger partial charge in [-0.2, -0.15) is 5.26 Å². The van der Waals surface area contributed by atoms with Gasteiger partial charge in [-0.15, -0.1) is 0 Å². The summed E-state index contributed by atoms with van der Waals surface area (Å²) in [4.78, 5) is 11.1. The van der Waals surface area contributed by atoms with E-state index in [2.05, 4.69) is 12.6 Å². The Hall–Kier alpha value is -2.86. The van der Waals surface area contributed by atoms with E-state index in [9.17, 15) is 4.79 Å². The second-order valence-corrected chi connectivity index (χ2v) is 4.17. The lowest BCUT2D eigenvalue weighted by atomic mass is 10.0. The van der Waals surface area contributed by atoms with Crippen molar-refractivity contribution in [1.29, 1.82) is 5.26 Å². The van der Waals surface area contributed by atoms with Crippen LogP contribution in [-0.4, -0.2) is 12.4 Å². The predicted octanol–water partition coefficient (Wildman–Crippen LogP) is 3.36. The molecule has 0 spiro atoms. The number of ketones is 1. The highest BCUT2D eigenvalue weighted by Gasteiger charge is 2.01. The molecule has 0 aliphatic rings. The van der Waals surface area contributed by atoms with Crippen molar-refractivity contribution in [2.75, 3.05) is 6.61 Å². The van der Waals surface area contributed by atoms with Crippen molar-refractivity contribution in [3.8, 4) is 22.9 Å². The number of nitrogens with zero attached hydrogens (tertiary/aromatic N) is 1. The fourth-order valence-corrected chi connectivity index (χ4v) is 1.69. The molecule has 0 saturated heterocycles. The Balaban J connectivity index is 2.09. The van der Waals surface area contributed by atoms with Gasteiger partial charge in [0, 0.05) is 0 Å². The number of hydrogen-bond donors (Lipinski definition) is 0. The summed E-state index contributed by atoms with van der Waals surface area (Å²) >= 11 is 0. The molecule has 3 heteroatoms. The van der Waals surface area contributed by atoms with E-state index in [1.54, 1.807) is 12.1 Å². The lowest BCUT2D eigenvalue weighted by Crippen LogP contribution is -2.07. The summed E-state index contributed by atoms with van der Waals surface area (Å²) < 4.78 is 5.32. The van der Waals surface area contributed by atoms with Gasteiger partial charge in [-0.25, -0.2) is 0 Å². The Labute approximate surface area is 117 Å². The summed E-state index contributed by atoms with van der Waals surface area (Å²) in [6.45, 7) is 3.39. The number of carbonyl (C=O) groups is 1. The topological polar surface area (TPSA) is 50.1 Å². The van der Waals surface area contributed by atoms with Gasteiger partial charge in [0.25, 0.3) is 0 Å². The summed E-state index contributed by atoms with van der Waals surface area (Å²) in [6.07, 6.45) is 1.24. The molecule has 0 bridgehead atoms. The molecular weight excluding hydrogens is 250 g/mol. The van der Waals surface area contributed by atoms with Crippen molar-refractivity contribution in [2.24, 2.45) is 0 Å². The summed E-state index contributed by atoms with van der Waals surface area (Å²) in [5.74, 6) is 0.485. The summed E-state index contributed by atoms with van der Waals surface area (Å²) in [7, 11) is 0. The summed E-state index contributed by atoms with van der Waals surface area (Å²) in [6, 6.07) is 16.9. The summed E-state index contributed by atoms with van der Waals surface area (Å²) in [5, 5.41) is 8.76. The molecule has 0 heterocycles. The van der Waals surface area contributed by atoms with Gasteiger partial charge in [0.1, 0.15) is 5.75 Å². The maximum Gasteiger partial charge on any atom is 0.192 e. The minimum atomic E-state index is -0.152. The number of rotatable bonds is 5. The van der Waals surface area contributed by atoms with Crippen molar-refractivity contribution < 1.29 is 9.53 Å². The normalized spacial score (nSPS) is 9.55. The second-order valence-electron chi connectivity index (χ2n) is 4.17. The maximum absolute atomic E-state index is 11.1. The molecule has 3 nitrogen and oxygen atoms in total. The molecule has 0 N–H and O–H groups in total. The van der Waals surface area contributed by atoms with Crippen molar-refractivity contribution >= 4 is 5.78 Å². The van der Waals surface area contributed by atoms with Crippen LogP contribution in [0.25, 0.3) is 11.1 Å². The van der Waals surface area contributed by atoms with Crippen LogP contribution >= 0.6 is 0 Å². The Bertz CT molecular complexity index is 649. The Morgan fingerprint density at radius 2 is 1.65 bits per heavy atom. The molecular formula is C17H13NO2. The highest BCUT2D eigenvalue weighted by Crippen LogP contribution is 2.22. The standard InChI is InChI=1S/C17H13NO2/c1-2-16(19)12-20-17-9-7-15(8-10-17)14-5-3-13(11-18)4-6-14/h2-10H,1,12H2. The first-order chi connectivity index (χ1) is 9.72. The van der Waals surface area contributed by atoms with E-state index >= 15 is 0 Å². The van der Waals surface area contributed by atoms with Crippen LogP contribution in [0, 0.1) is 11.3 Å². The maximum atomic E-state index is 11.1. The molecule has 0 atom stereocenters. The van der Waals surface area contributed by atoms with Gasteiger partial charge >= 0.3 is 0 Å². The smallest absolute Gasteiger partial charge is 0.192 e. The monoisotopic (exact) mass is 263 g/mol. The zero-order chi connectivity index (χ0) is 14.4. The fraction of sp³-hybridized carbons (Fsp3) is 0.0588. The molecule has 0 fully saturated rings. The van der Waals surface area contributed by atoms with E-state index in [1.807, 2.05) is 36.4 Å². The third-order valence-corrected chi connectivity index (χ3v) is 2.81. The first-order valence-electron chi connectivity index (χ1n) is 6.11. The van der Waals surface area contributed by atoms with Gasteiger partial charge in [-0.05, 0) is 41.5 Å². The number of carbonyl (C=O) groups excluding carboxylic acids is 1. The van der Waals surface area contributed by atoms with Gasteiger partial charge < -0.3 is 4.74 Å². The SMILES string of the molecule is C=CC(=O)COc1ccc(-c2ccc(C#N)cc2)cc1. The molecule has 98 valence electrons. The van der Waals surface area contributed by atoms with Crippen LogP contribution in [0.4, 0.5) is 0 Å². The van der Waals surface area contributed by atoms with Gasteiger partial charge in [0.2, 0.25) is 0 Å². The first kappa shape index (κ1) is 13.6. The molecule has 0 aromatic heterocycles. The minimum absolute atomic E-state index is 0.000285. The van der Waals surface area contributed by atoms with Gasteiger partial charge in [-0.3, -0.25) is 4.79 Å². The van der Waals surface area contributed by atoms with E-state index < -0.39 is 0 Å². The van der Waals surface area contributed by atoms with Crippen molar-refractivity contribution in [2.45, 2.75) is 0 Å². The van der Waals surface area contributed by atoms with E-state index in [0.717, 1.165) is 11.1 Å². The minimum Gasteiger partial charge on any atom is -0.485 e. The van der Waals surface area contributed by atoms with Crippen LogP contribution < -0.4 is 4.74 Å². The molecule has 2 aromatic carbocycles. The highest BCUT2D eigenvalue weighted by atomic mass is 16.5. The summed E-state index contributed by atoms with van der Waals surface area (Å²) in [5.41, 5.74) is 2.69. The Morgan fingerprint density at radius 3 is 2.15 bits per heavy atom. The molecule has 0 saturated carbocycles. The molecule has 0 unspecified atom stereocenters. The van der Waals surface area contributed by atoms with Crippen LogP contribution in [0.1, 0.15) is 5.56 Å². The zero-order valence-electron chi connectivity index (χ0n) is 10.9. The number of hydrogen-bond acceptors (Lipinski definition) is 3. The lowest BCUT2D eigenvalue weighted by molar-refractivity contribution is -0.116. The molecule has 0 aliphatic carbocycles. The molecule has 2 rings (SSSR count). The number of benzene rings is 2. The van der Waals surface area contributed by atoms with Crippen molar-refractivity contribution in [3.63, 3.8) is 0 Å². The van der Waals surface area contributed by atoms with E-state index in [-0.39, 0.29) is 12.4 Å². The molecule has 0 aliphatic heterocycles. The quantitative estimate of drug-likeness (QED) is 0.777. The van der Waals surface area contributed by atoms with Gasteiger partial charge in [0.05, 0.1) is 11.6 Å². The van der Waals surface area contributed by atoms with Gasteiger partial charge in [-0.1, -0.05) is 30.8 Å². The van der Waals surface area contributed by atoms with Crippen LogP contribution in [0.2, 0.25) is 0 Å². The predicted molar refractivity (Wildman–Crippen MR) is 77.3 cm³/mol. The van der Waals surface area contributed by atoms with E-state index in [0.29, 0.717) is 11.3 Å². The Morgan fingerprint density at radius 1 is 1.10 bits per heavy atom. The van der Waals surface area contributed by atoms with E-state index in [4.69, 9.17) is 10.00 Å². The zero-order valence-corrected chi connectivity index (χ0v) is 10.9. The van der Waals surface area contributed by atoms with Crippen LogP contribution in [0.5, 0.6) is 5.75 Å². The van der Waals surface area contributed by atoms with Crippen molar-refractivity contribution in [3.05, 3.63) is 66.7 Å². The van der Waals surface area contributed by atoms with Crippen LogP contribution in [-0.2, 0) is 4.79 Å². The van der Waals surface area contributed by atoms with Crippen LogP contribution in [0.15, 0.2) is 61.2 Å². The third-order valence-electron chi connectivity index (χ3n) is 2.81. The lowest BCUT2D eigenvalue weighted by Gasteiger charge is -2.06. The van der Waals surface area contributed by atoms with Crippen LogP contribution in [0.3, 0.4) is 0 Å². The number of nitriles is 1. The Kier molecular flexibility index (Phi) is 4.31. The second kappa shape index (κ2) is 6.35. The van der Waals surface area contributed by atoms with Gasteiger partial charge in [0.15, 0.2) is 12.4 Å². The highest BCUT2D eigenvalue weighted by molar-refractivity contribution is 5.90. The average Bonchev–Trinajstić information content (AvgIpc) is 2.53. The molecule has 0 amide bonds. The molecule has 2 aromatic rings. The third kappa shape index (κ3) is 3.33. The largest absolute Gasteiger partial charge is 0.485 e. The van der Waals surface area contributed by atoms with E-state index in [1.165, 1.54) is 6.08 Å². The fourth-order valence-electron chi connectivity index (χ4n) is 1.69. The average molecular weight is 263 g/mol. The molecule has 0 radical (unpaired) electrons.